The van der Waals surface area contributed by atoms with E-state index < -0.39 is 0 Å². The van der Waals surface area contributed by atoms with Crippen molar-refractivity contribution in [3.05, 3.63) is 52.1 Å². The normalized spacial score (nSPS) is 12.1. The van der Waals surface area contributed by atoms with Crippen molar-refractivity contribution in [2.45, 2.75) is 167 Å². The van der Waals surface area contributed by atoms with Crippen molar-refractivity contribution in [2.75, 3.05) is 111 Å². The third kappa shape index (κ3) is 56.8. The van der Waals surface area contributed by atoms with Crippen LogP contribution in [0.5, 0.6) is 0 Å². The van der Waals surface area contributed by atoms with Crippen LogP contribution in [0.15, 0.2) is 26.4 Å². The van der Waals surface area contributed by atoms with Crippen LogP contribution in [0.4, 0.5) is 0 Å². The second-order valence-electron chi connectivity index (χ2n) is 20.3. The van der Waals surface area contributed by atoms with E-state index in [2.05, 4.69) is 85.5 Å². The quantitative estimate of drug-likeness (QED) is 0.0169. The highest BCUT2D eigenvalue weighted by Crippen LogP contribution is 2.08. The molecule has 30 heteroatoms. The molecule has 0 aliphatic carbocycles. The maximum atomic E-state index is 11.3. The van der Waals surface area contributed by atoms with Crippen molar-refractivity contribution in [1.29, 1.82) is 0 Å². The Bertz CT molecular complexity index is 1340. The number of hydrogen-bond donors (Lipinski definition) is 5. The van der Waals surface area contributed by atoms with Crippen LogP contribution in [0.3, 0.4) is 0 Å². The zero-order chi connectivity index (χ0) is 59.8. The average molecular weight is 1110 g/mol. The lowest BCUT2D eigenvalue weighted by Crippen LogP contribution is -2.36. The zero-order valence-electron chi connectivity index (χ0n) is 49.6. The fourth-order valence-corrected chi connectivity index (χ4v) is 6.36. The number of nitrogens with one attached hydrogen (secondary N) is 2. The summed E-state index contributed by atoms with van der Waals surface area (Å²) >= 11 is 0. The number of hydrazine groups is 5. The fourth-order valence-electron chi connectivity index (χ4n) is 6.36. The number of nitrogens with zero attached hydrogens (tertiary/aromatic N) is 15. The largest absolute Gasteiger partial charge is 0.737 e. The number of hydrogen-bond acceptors (Lipinski definition) is 20. The smallest absolute Gasteiger partial charge is 0.0890 e. The molecule has 0 amide bonds. The van der Waals surface area contributed by atoms with Crippen LogP contribution < -0.4 is 27.8 Å². The van der Waals surface area contributed by atoms with Gasteiger partial charge in [-0.25, -0.2) is 0 Å². The highest BCUT2D eigenvalue weighted by Gasteiger charge is 2.14. The van der Waals surface area contributed by atoms with Gasteiger partial charge in [0.2, 0.25) is 0 Å². The molecule has 0 radical (unpaired) electrons. The molecule has 0 fully saturated rings. The Morgan fingerprint density at radius 1 is 0.325 bits per heavy atom. The van der Waals surface area contributed by atoms with Crippen LogP contribution in [0, 0.1) is 81.7 Å². The van der Waals surface area contributed by atoms with Crippen LogP contribution in [-0.2, 0) is 0 Å². The fraction of sp³-hybridized carbons (Fsp3) is 1.00. The molecule has 0 aromatic carbocycles. The molecular weight excluding hydrogens is 1000 g/mol. The minimum absolute atomic E-state index is 0.0647. The second-order valence-corrected chi connectivity index (χ2v) is 20.3. The minimum atomic E-state index is 0.0647. The molecular formula is C47H109N20O10-5. The summed E-state index contributed by atoms with van der Waals surface area (Å²) in [6.45, 7) is 35.3. The summed E-state index contributed by atoms with van der Waals surface area (Å²) in [6.07, 6.45) is 12.3. The summed E-state index contributed by atoms with van der Waals surface area (Å²) < 4.78 is 0. The molecule has 0 unspecified atom stereocenters. The molecule has 0 aromatic rings. The number of nitrogens with two attached hydrogens (primary N) is 3. The van der Waals surface area contributed by atoms with E-state index in [9.17, 15) is 52.1 Å². The zero-order valence-corrected chi connectivity index (χ0v) is 49.6. The molecule has 77 heavy (non-hydrogen) atoms. The standard InChI is InChI=1S/C13H30N4O2.C12H29N5O2.C8H19N3O2.2C7H18N4O2/c1-4-5-11-16(17(19)15-18)12-7-10-14-9-6-8-13(2)3;1-12(2)6-3-10-16(17(19)15-18)11-5-9-14-8-4-7-13;1-4-6-10(11(13)9-12)7-5-8(2)3;2*1-7(2)3-5-10(6-4-8)11(13)9-12/h13-14,18H,4-12H2,1-3H3;12,14,18H,3-11,13H2,1-2H3;8,12H,4-7H2,1-3H3;2*7,12H,3-6,8H2,1-2H3/p-5/b2*17-15-;3*11-9-. The Labute approximate surface area is 462 Å². The van der Waals surface area contributed by atoms with Crippen molar-refractivity contribution in [3.8, 4) is 0 Å². The van der Waals surface area contributed by atoms with Gasteiger partial charge in [0, 0.05) is 37.9 Å². The first-order chi connectivity index (χ1) is 36.6. The monoisotopic (exact) mass is 1110 g/mol. The first-order valence-corrected chi connectivity index (χ1v) is 27.9. The van der Waals surface area contributed by atoms with Crippen molar-refractivity contribution in [3.63, 3.8) is 0 Å². The van der Waals surface area contributed by atoms with Gasteiger partial charge in [0.15, 0.2) is 0 Å². The maximum Gasteiger partial charge on any atom is 0.0890 e. The van der Waals surface area contributed by atoms with Gasteiger partial charge in [0.05, 0.1) is 65.4 Å². The van der Waals surface area contributed by atoms with Gasteiger partial charge in [0.25, 0.3) is 0 Å². The first kappa shape index (κ1) is 80.7. The molecule has 0 atom stereocenters. The Morgan fingerprint density at radius 2 is 0.597 bits per heavy atom. The third-order valence-electron chi connectivity index (χ3n) is 10.9. The van der Waals surface area contributed by atoms with Gasteiger partial charge in [-0.3, -0.25) is 0 Å². The Kier molecular flexibility index (Phi) is 61.3. The van der Waals surface area contributed by atoms with E-state index in [1.54, 1.807) is 0 Å². The van der Waals surface area contributed by atoms with E-state index in [1.807, 2.05) is 34.6 Å². The average Bonchev–Trinajstić information content (AvgIpc) is 3.40. The van der Waals surface area contributed by atoms with Crippen molar-refractivity contribution in [2.24, 2.45) is 73.2 Å². The molecule has 0 bridgehead atoms. The highest BCUT2D eigenvalue weighted by molar-refractivity contribution is 4.57. The van der Waals surface area contributed by atoms with Gasteiger partial charge < -0.3 is 79.9 Å². The minimum Gasteiger partial charge on any atom is -0.737 e. The predicted molar refractivity (Wildman–Crippen MR) is 303 cm³/mol. The van der Waals surface area contributed by atoms with Gasteiger partial charge in [-0.2, -0.15) is 0 Å². The van der Waals surface area contributed by atoms with Gasteiger partial charge in [-0.1, -0.05) is 89.5 Å². The topological polar surface area (TPSA) is 426 Å². The molecule has 30 nitrogen and oxygen atoms in total. The van der Waals surface area contributed by atoms with Crippen LogP contribution in [0.25, 0.3) is 0 Å². The highest BCUT2D eigenvalue weighted by atomic mass is 16.6. The van der Waals surface area contributed by atoms with Gasteiger partial charge in [-0.05, 0) is 166 Å². The molecule has 0 aromatic heterocycles. The molecule has 462 valence electrons. The summed E-state index contributed by atoms with van der Waals surface area (Å²) in [7, 11) is 0. The summed E-state index contributed by atoms with van der Waals surface area (Å²) in [5, 5.41) is 131. The van der Waals surface area contributed by atoms with E-state index in [0.717, 1.165) is 103 Å². The Balaban J connectivity index is -0.000000284. The second kappa shape index (κ2) is 58.5. The molecule has 8 N–H and O–H groups in total. The third-order valence-corrected chi connectivity index (χ3v) is 10.9. The Hall–Kier alpha value is -5.20. The molecule has 0 aliphatic rings. The summed E-state index contributed by atoms with van der Waals surface area (Å²) in [5.74, 6) is 2.85. The van der Waals surface area contributed by atoms with Gasteiger partial charge in [0.1, 0.15) is 0 Å². The van der Waals surface area contributed by atoms with E-state index in [-0.39, 0.29) is 24.8 Å². The summed E-state index contributed by atoms with van der Waals surface area (Å²) in [5.41, 5.74) is 15.9. The number of rotatable bonds is 42. The lowest BCUT2D eigenvalue weighted by molar-refractivity contribution is -0.690. The van der Waals surface area contributed by atoms with E-state index in [0.29, 0.717) is 109 Å². The van der Waals surface area contributed by atoms with Crippen LogP contribution in [-0.4, -0.2) is 161 Å². The molecule has 0 heterocycles. The summed E-state index contributed by atoms with van der Waals surface area (Å²) in [6, 6.07) is 0. The lowest BCUT2D eigenvalue weighted by Gasteiger charge is -2.20. The summed E-state index contributed by atoms with van der Waals surface area (Å²) in [4.78, 5) is 0.616. The van der Waals surface area contributed by atoms with Crippen LogP contribution in [0.1, 0.15) is 167 Å². The molecule has 0 saturated heterocycles. The predicted octanol–water partition coefficient (Wildman–Crippen LogP) is 7.76. The van der Waals surface area contributed by atoms with Gasteiger partial charge >= 0.3 is 0 Å². The van der Waals surface area contributed by atoms with Crippen molar-refractivity contribution >= 4 is 0 Å². The maximum absolute atomic E-state index is 11.3. The Morgan fingerprint density at radius 3 is 0.883 bits per heavy atom. The van der Waals surface area contributed by atoms with E-state index in [4.69, 9.17) is 17.2 Å². The first-order valence-electron chi connectivity index (χ1n) is 27.9. The molecule has 0 spiro atoms. The van der Waals surface area contributed by atoms with Gasteiger partial charge in [-0.15, -0.1) is 25.0 Å². The lowest BCUT2D eigenvalue weighted by atomic mass is 10.1. The van der Waals surface area contributed by atoms with E-state index >= 15 is 0 Å². The van der Waals surface area contributed by atoms with Crippen molar-refractivity contribution in [1.82, 2.24) is 35.7 Å². The van der Waals surface area contributed by atoms with Crippen LogP contribution >= 0.6 is 0 Å². The molecule has 0 rings (SSSR count). The number of unbranched alkanes of at least 4 members (excludes halogenated alkanes) is 1. The molecule has 0 saturated carbocycles. The van der Waals surface area contributed by atoms with Crippen LogP contribution in [0.2, 0.25) is 0 Å². The SMILES string of the molecule is CC(C)CCCN(CCCNCCCN)/[N+]([O-])=N/[O-].CC(C)CCN(CCN)/[N+]([O-])=N/[O-].CC(C)CCN(CCN)/[N+]([O-])=N/[O-].CCCCN(CCCNCCCC(C)C)/[N+]([O-])=N/[O-].CCCN(CCC(C)C)/[N+]([O-])=N/[O-]. The van der Waals surface area contributed by atoms with Crippen molar-refractivity contribution < 1.29 is 24.8 Å². The van der Waals surface area contributed by atoms with E-state index in [1.165, 1.54) is 37.9 Å². The molecule has 0 aliphatic heterocycles.